The third-order valence-electron chi connectivity index (χ3n) is 7.06. The lowest BCUT2D eigenvalue weighted by Gasteiger charge is -2.28. The minimum atomic E-state index is -1.39. The van der Waals surface area contributed by atoms with Crippen molar-refractivity contribution in [1.82, 2.24) is 14.1 Å². The lowest BCUT2D eigenvalue weighted by Crippen LogP contribution is -2.33. The summed E-state index contributed by atoms with van der Waals surface area (Å²) in [5.41, 5.74) is 1.99. The zero-order valence-corrected chi connectivity index (χ0v) is 19.7. The lowest BCUT2D eigenvalue weighted by molar-refractivity contribution is 0.0695. The van der Waals surface area contributed by atoms with Gasteiger partial charge in [-0.1, -0.05) is 0 Å². The smallest absolute Gasteiger partial charge is 0.341 e. The molecular formula is C28H23FN4O4. The Hall–Kier alpha value is -4.66. The van der Waals surface area contributed by atoms with Crippen molar-refractivity contribution >= 4 is 33.6 Å². The van der Waals surface area contributed by atoms with Crippen molar-refractivity contribution in [2.24, 2.45) is 0 Å². The first kappa shape index (κ1) is 22.8. The Bertz CT molecular complexity index is 1720. The number of hydrogen-bond donors (Lipinski definition) is 2. The molecule has 0 bridgehead atoms. The number of carboxylic acids is 1. The molecule has 2 N–H and O–H groups in total. The van der Waals surface area contributed by atoms with Crippen molar-refractivity contribution in [2.75, 3.05) is 11.4 Å². The highest BCUT2D eigenvalue weighted by molar-refractivity contribution is 5.94. The fraction of sp³-hybridized carbons (Fsp3) is 0.179. The summed E-state index contributed by atoms with van der Waals surface area (Å²) < 4.78 is 19.3. The number of fused-ring (bicyclic) bond motifs is 2. The van der Waals surface area contributed by atoms with E-state index in [2.05, 4.69) is 9.55 Å². The van der Waals surface area contributed by atoms with E-state index >= 15 is 4.39 Å². The number of phenols is 1. The molecule has 1 aliphatic rings. The lowest BCUT2D eigenvalue weighted by atomic mass is 10.1. The largest absolute Gasteiger partial charge is 0.508 e. The number of pyridine rings is 2. The van der Waals surface area contributed by atoms with Crippen molar-refractivity contribution in [2.45, 2.75) is 25.4 Å². The normalized spacial score (nSPS) is 15.6. The Morgan fingerprint density at radius 1 is 1.11 bits per heavy atom. The van der Waals surface area contributed by atoms with Gasteiger partial charge in [0.05, 0.1) is 22.2 Å². The quantitative estimate of drug-likeness (QED) is 0.369. The number of hydrogen-bond acceptors (Lipinski definition) is 5. The number of aromatic carboxylic acids is 1. The van der Waals surface area contributed by atoms with Crippen molar-refractivity contribution < 1.29 is 19.4 Å². The highest BCUT2D eigenvalue weighted by atomic mass is 19.1. The Balaban J connectivity index is 1.48. The molecule has 1 aliphatic heterocycles. The van der Waals surface area contributed by atoms with E-state index in [-0.39, 0.29) is 17.2 Å². The van der Waals surface area contributed by atoms with E-state index in [1.807, 2.05) is 29.3 Å². The second-order valence-electron chi connectivity index (χ2n) is 9.25. The maximum absolute atomic E-state index is 15.6. The van der Waals surface area contributed by atoms with Gasteiger partial charge in [0.25, 0.3) is 0 Å². The molecule has 8 nitrogen and oxygen atoms in total. The van der Waals surface area contributed by atoms with Gasteiger partial charge in [-0.05, 0) is 67.4 Å². The molecule has 1 atom stereocenters. The molecule has 3 aromatic heterocycles. The van der Waals surface area contributed by atoms with Gasteiger partial charge in [-0.2, -0.15) is 0 Å². The number of carbonyl (C=O) groups is 1. The molecule has 37 heavy (non-hydrogen) atoms. The number of halogens is 1. The summed E-state index contributed by atoms with van der Waals surface area (Å²) in [5, 5.41) is 19.3. The molecule has 9 heteroatoms. The minimum absolute atomic E-state index is 0.0209. The Morgan fingerprint density at radius 3 is 2.70 bits per heavy atom. The van der Waals surface area contributed by atoms with E-state index < -0.39 is 22.8 Å². The van der Waals surface area contributed by atoms with E-state index in [4.69, 9.17) is 0 Å². The molecule has 4 heterocycles. The number of carboxylic acid groups (broad SMARTS) is 1. The molecule has 1 fully saturated rings. The molecule has 186 valence electrons. The maximum atomic E-state index is 15.6. The van der Waals surface area contributed by atoms with Crippen LogP contribution in [0.3, 0.4) is 0 Å². The van der Waals surface area contributed by atoms with Gasteiger partial charge in [0, 0.05) is 48.8 Å². The highest BCUT2D eigenvalue weighted by Crippen LogP contribution is 2.33. The molecule has 2 aromatic carbocycles. The monoisotopic (exact) mass is 498 g/mol. The Morgan fingerprint density at radius 2 is 1.92 bits per heavy atom. The summed E-state index contributed by atoms with van der Waals surface area (Å²) >= 11 is 0. The van der Waals surface area contributed by atoms with Gasteiger partial charge >= 0.3 is 5.97 Å². The van der Waals surface area contributed by atoms with Crippen molar-refractivity contribution in [1.29, 1.82) is 0 Å². The van der Waals surface area contributed by atoms with Gasteiger partial charge in [0.15, 0.2) is 0 Å². The fourth-order valence-corrected chi connectivity index (χ4v) is 5.28. The van der Waals surface area contributed by atoms with Gasteiger partial charge in [0.1, 0.15) is 17.1 Å². The fourth-order valence-electron chi connectivity index (χ4n) is 5.28. The van der Waals surface area contributed by atoms with E-state index in [1.165, 1.54) is 18.3 Å². The van der Waals surface area contributed by atoms with Gasteiger partial charge < -0.3 is 24.2 Å². The van der Waals surface area contributed by atoms with Crippen LogP contribution < -0.4 is 10.3 Å². The van der Waals surface area contributed by atoms with Crippen LogP contribution in [0.25, 0.3) is 27.6 Å². The number of benzene rings is 2. The minimum Gasteiger partial charge on any atom is -0.508 e. The summed E-state index contributed by atoms with van der Waals surface area (Å²) in [6, 6.07) is 14.8. The Kier molecular flexibility index (Phi) is 5.40. The number of aromatic nitrogens is 3. The average molecular weight is 499 g/mol. The van der Waals surface area contributed by atoms with Crippen LogP contribution in [0.4, 0.5) is 10.1 Å². The molecular weight excluding hydrogens is 475 g/mol. The Labute approximate surface area is 210 Å². The maximum Gasteiger partial charge on any atom is 0.341 e. The van der Waals surface area contributed by atoms with Crippen molar-refractivity contribution in [3.8, 4) is 11.4 Å². The van der Waals surface area contributed by atoms with Crippen LogP contribution >= 0.6 is 0 Å². The highest BCUT2D eigenvalue weighted by Gasteiger charge is 2.29. The van der Waals surface area contributed by atoms with Crippen LogP contribution in [0.15, 0.2) is 78.0 Å². The second-order valence-corrected chi connectivity index (χ2v) is 9.25. The zero-order valence-electron chi connectivity index (χ0n) is 19.7. The predicted octanol–water partition coefficient (Wildman–Crippen LogP) is 4.55. The summed E-state index contributed by atoms with van der Waals surface area (Å²) in [7, 11) is 0. The molecule has 0 aliphatic carbocycles. The van der Waals surface area contributed by atoms with Crippen LogP contribution in [-0.2, 0) is 6.54 Å². The van der Waals surface area contributed by atoms with E-state index in [0.717, 1.165) is 29.9 Å². The first-order valence-corrected chi connectivity index (χ1v) is 12.0. The van der Waals surface area contributed by atoms with Gasteiger partial charge in [-0.3, -0.25) is 9.78 Å². The van der Waals surface area contributed by atoms with Crippen LogP contribution in [0, 0.1) is 5.82 Å². The molecule has 0 amide bonds. The van der Waals surface area contributed by atoms with Crippen LogP contribution in [0.5, 0.6) is 5.75 Å². The molecule has 6 rings (SSSR count). The second kappa shape index (κ2) is 8.77. The number of rotatable bonds is 5. The third-order valence-corrected chi connectivity index (χ3v) is 7.06. The topological polar surface area (TPSA) is 101 Å². The molecule has 0 radical (unpaired) electrons. The van der Waals surface area contributed by atoms with E-state index in [0.29, 0.717) is 30.0 Å². The van der Waals surface area contributed by atoms with Crippen LogP contribution in [0.2, 0.25) is 0 Å². The number of anilines is 1. The zero-order chi connectivity index (χ0) is 25.7. The number of phenolic OH excluding ortho intramolecular Hbond substituents is 1. The van der Waals surface area contributed by atoms with Crippen LogP contribution in [0.1, 0.15) is 23.2 Å². The molecule has 0 spiro atoms. The van der Waals surface area contributed by atoms with Gasteiger partial charge in [0.2, 0.25) is 5.43 Å². The average Bonchev–Trinajstić information content (AvgIpc) is 3.52. The summed E-state index contributed by atoms with van der Waals surface area (Å²) in [6.45, 7) is 1.30. The summed E-state index contributed by atoms with van der Waals surface area (Å²) in [6.07, 6.45) is 6.76. The summed E-state index contributed by atoms with van der Waals surface area (Å²) in [5.74, 6) is -1.92. The molecule has 1 unspecified atom stereocenters. The SMILES string of the molecule is O=C(O)c1cn(-c2ccc(O)cc2)c2cc(N3CCCC3Cn3ccc4ncccc43)c(F)cc2c1=O. The van der Waals surface area contributed by atoms with Crippen molar-refractivity contribution in [3.05, 3.63) is 94.8 Å². The summed E-state index contributed by atoms with van der Waals surface area (Å²) in [4.78, 5) is 31.2. The molecule has 0 saturated carbocycles. The standard InChI is InChI=1S/C28H23FN4O4/c29-22-13-20-25(33(16-21(27(20)35)28(36)37)17-5-7-19(34)8-6-17)14-26(22)32-11-2-3-18(32)15-31-12-9-23-24(31)4-1-10-30-23/h1,4-10,12-14,16,18,34H,2-3,11,15H2,(H,36,37). The van der Waals surface area contributed by atoms with Gasteiger partial charge in [-0.15, -0.1) is 0 Å². The number of nitrogens with zero attached hydrogens (tertiary/aromatic N) is 4. The van der Waals surface area contributed by atoms with Crippen LogP contribution in [-0.4, -0.2) is 42.9 Å². The third kappa shape index (κ3) is 3.88. The van der Waals surface area contributed by atoms with Crippen molar-refractivity contribution in [3.63, 3.8) is 0 Å². The van der Waals surface area contributed by atoms with E-state index in [1.54, 1.807) is 29.0 Å². The van der Waals surface area contributed by atoms with Gasteiger partial charge in [-0.25, -0.2) is 9.18 Å². The first-order valence-electron chi connectivity index (χ1n) is 12.0. The first-order chi connectivity index (χ1) is 17.9. The van der Waals surface area contributed by atoms with E-state index in [9.17, 15) is 19.8 Å². The molecule has 5 aromatic rings. The number of aromatic hydroxyl groups is 1. The molecule has 1 saturated heterocycles. The predicted molar refractivity (Wildman–Crippen MR) is 138 cm³/mol.